The predicted molar refractivity (Wildman–Crippen MR) is 94.1 cm³/mol. The second-order valence-electron chi connectivity index (χ2n) is 6.38. The molecule has 0 N–H and O–H groups in total. The van der Waals surface area contributed by atoms with Crippen molar-refractivity contribution < 1.29 is 13.2 Å². The minimum absolute atomic E-state index is 0.0629. The van der Waals surface area contributed by atoms with Crippen molar-refractivity contribution in [2.75, 3.05) is 5.75 Å². The summed E-state index contributed by atoms with van der Waals surface area (Å²) in [5.74, 6) is -0.270. The molecular weight excluding hydrogens is 336 g/mol. The van der Waals surface area contributed by atoms with Gasteiger partial charge in [-0.2, -0.15) is 5.26 Å². The Hall–Kier alpha value is -2.39. The Bertz CT molecular complexity index is 953. The molecule has 1 aromatic carbocycles. The van der Waals surface area contributed by atoms with Gasteiger partial charge in [0.2, 0.25) is 0 Å². The predicted octanol–water partition coefficient (Wildman–Crippen LogP) is 3.11. The average Bonchev–Trinajstić information content (AvgIpc) is 3.22. The Kier molecular flexibility index (Phi) is 4.53. The van der Waals surface area contributed by atoms with Gasteiger partial charge in [-0.15, -0.1) is 0 Å². The lowest BCUT2D eigenvalue weighted by Gasteiger charge is -2.19. The monoisotopic (exact) mass is 356 g/mol. The number of Topliss-reactive ketones (excluding diaryl/α,β-unsaturated/α-hetero) is 1. The molecule has 1 atom stereocenters. The van der Waals surface area contributed by atoms with Crippen molar-refractivity contribution in [1.82, 2.24) is 4.57 Å². The van der Waals surface area contributed by atoms with Crippen molar-refractivity contribution >= 4 is 15.6 Å². The van der Waals surface area contributed by atoms with Crippen molar-refractivity contribution in [2.45, 2.75) is 43.0 Å². The number of aryl methyl sites for hydroxylation is 1. The van der Waals surface area contributed by atoms with Crippen LogP contribution in [0, 0.1) is 11.3 Å². The topological polar surface area (TPSA) is 79.9 Å². The molecule has 6 heteroatoms. The number of carbonyl (C=O) groups excluding carboxylic acids is 1. The molecule has 0 saturated heterocycles. The van der Waals surface area contributed by atoms with Crippen LogP contribution in [-0.4, -0.2) is 24.5 Å². The molecule has 25 heavy (non-hydrogen) atoms. The fraction of sp³-hybridized carbons (Fsp3) is 0.368. The molecule has 0 saturated carbocycles. The lowest BCUT2D eigenvalue weighted by Crippen LogP contribution is -2.32. The van der Waals surface area contributed by atoms with E-state index in [-0.39, 0.29) is 22.0 Å². The smallest absolute Gasteiger partial charge is 0.189 e. The van der Waals surface area contributed by atoms with Gasteiger partial charge >= 0.3 is 0 Å². The zero-order valence-electron chi connectivity index (χ0n) is 14.1. The van der Waals surface area contributed by atoms with Crippen molar-refractivity contribution in [3.05, 3.63) is 53.9 Å². The summed E-state index contributed by atoms with van der Waals surface area (Å²) in [5, 5.41) is 9.76. The number of rotatable bonds is 6. The number of nitriles is 1. The molecule has 0 amide bonds. The number of unbranched alkanes of at least 4 members (excludes halogenated alkanes) is 1. The van der Waals surface area contributed by atoms with E-state index in [1.54, 1.807) is 18.2 Å². The van der Waals surface area contributed by atoms with Crippen LogP contribution >= 0.6 is 0 Å². The standard InChI is InChI=1S/C19H20N2O3S/c1-2-3-12-25(23,24)16-7-4-6-15(13-16)18(22)19(14-20)9-11-21-10-5-8-17(19)21/h4-8,10,13H,2-3,9,11-12H2,1H3. The summed E-state index contributed by atoms with van der Waals surface area (Å²) < 4.78 is 26.7. The quantitative estimate of drug-likeness (QED) is 0.745. The van der Waals surface area contributed by atoms with Gasteiger partial charge in [0, 0.05) is 24.0 Å². The lowest BCUT2D eigenvalue weighted by molar-refractivity contribution is 0.0921. The van der Waals surface area contributed by atoms with Gasteiger partial charge in [0.25, 0.3) is 0 Å². The molecule has 0 spiro atoms. The Morgan fingerprint density at radius 2 is 2.12 bits per heavy atom. The van der Waals surface area contributed by atoms with Gasteiger partial charge in [0.05, 0.1) is 16.7 Å². The maximum Gasteiger partial charge on any atom is 0.189 e. The summed E-state index contributed by atoms with van der Waals surface area (Å²) in [5.41, 5.74) is -0.289. The van der Waals surface area contributed by atoms with Gasteiger partial charge in [-0.05, 0) is 37.1 Å². The molecule has 1 aliphatic heterocycles. The number of ketones is 1. The van der Waals surface area contributed by atoms with E-state index in [0.29, 0.717) is 25.1 Å². The van der Waals surface area contributed by atoms with Gasteiger partial charge in [0.15, 0.2) is 21.0 Å². The maximum absolute atomic E-state index is 13.1. The van der Waals surface area contributed by atoms with Gasteiger partial charge < -0.3 is 4.57 Å². The zero-order valence-corrected chi connectivity index (χ0v) is 14.9. The normalized spacial score (nSPS) is 19.4. The Morgan fingerprint density at radius 1 is 1.32 bits per heavy atom. The van der Waals surface area contributed by atoms with E-state index in [9.17, 15) is 18.5 Å². The molecule has 130 valence electrons. The van der Waals surface area contributed by atoms with Crippen molar-refractivity contribution in [3.8, 4) is 6.07 Å². The number of hydrogen-bond donors (Lipinski definition) is 0. The van der Waals surface area contributed by atoms with E-state index in [1.165, 1.54) is 12.1 Å². The van der Waals surface area contributed by atoms with E-state index in [4.69, 9.17) is 0 Å². The average molecular weight is 356 g/mol. The number of hydrogen-bond acceptors (Lipinski definition) is 4. The van der Waals surface area contributed by atoms with Crippen LogP contribution in [0.25, 0.3) is 0 Å². The number of fused-ring (bicyclic) bond motifs is 1. The third-order valence-electron chi connectivity index (χ3n) is 4.79. The summed E-state index contributed by atoms with van der Waals surface area (Å²) in [6.45, 7) is 2.54. The second kappa shape index (κ2) is 6.49. The van der Waals surface area contributed by atoms with Crippen molar-refractivity contribution in [2.24, 2.45) is 0 Å². The molecule has 2 aromatic rings. The van der Waals surface area contributed by atoms with Crippen LogP contribution in [0.3, 0.4) is 0 Å². The summed E-state index contributed by atoms with van der Waals surface area (Å²) in [7, 11) is -3.42. The van der Waals surface area contributed by atoms with Crippen LogP contribution in [0.15, 0.2) is 47.5 Å². The molecule has 0 aliphatic carbocycles. The summed E-state index contributed by atoms with van der Waals surface area (Å²) in [6, 6.07) is 11.9. The fourth-order valence-electron chi connectivity index (χ4n) is 3.34. The molecule has 2 heterocycles. The number of benzene rings is 1. The third kappa shape index (κ3) is 2.89. The van der Waals surface area contributed by atoms with E-state index < -0.39 is 15.3 Å². The van der Waals surface area contributed by atoms with Gasteiger partial charge in [-0.3, -0.25) is 4.79 Å². The SMILES string of the molecule is CCCCS(=O)(=O)c1cccc(C(=O)C2(C#N)CCn3cccc32)c1. The second-order valence-corrected chi connectivity index (χ2v) is 8.49. The number of sulfone groups is 1. The van der Waals surface area contributed by atoms with Gasteiger partial charge in [0.1, 0.15) is 0 Å². The fourth-order valence-corrected chi connectivity index (χ4v) is 4.83. The van der Waals surface area contributed by atoms with E-state index >= 15 is 0 Å². The molecule has 1 unspecified atom stereocenters. The number of aromatic nitrogens is 1. The first-order valence-corrected chi connectivity index (χ1v) is 10.0. The van der Waals surface area contributed by atoms with E-state index in [0.717, 1.165) is 6.42 Å². The highest BCUT2D eigenvalue weighted by Gasteiger charge is 2.46. The maximum atomic E-state index is 13.1. The highest BCUT2D eigenvalue weighted by Crippen LogP contribution is 2.38. The van der Waals surface area contributed by atoms with Crippen LogP contribution in [-0.2, 0) is 21.8 Å². The molecule has 5 nitrogen and oxygen atoms in total. The highest BCUT2D eigenvalue weighted by molar-refractivity contribution is 7.91. The van der Waals surface area contributed by atoms with Gasteiger partial charge in [-0.1, -0.05) is 25.5 Å². The summed E-state index contributed by atoms with van der Waals surface area (Å²) in [4.78, 5) is 13.3. The Morgan fingerprint density at radius 3 is 2.84 bits per heavy atom. The molecular formula is C19H20N2O3S. The molecule has 0 bridgehead atoms. The van der Waals surface area contributed by atoms with Crippen LogP contribution in [0.4, 0.5) is 0 Å². The van der Waals surface area contributed by atoms with Crippen LogP contribution in [0.5, 0.6) is 0 Å². The van der Waals surface area contributed by atoms with E-state index in [1.807, 2.05) is 23.8 Å². The zero-order chi connectivity index (χ0) is 18.1. The van der Waals surface area contributed by atoms with E-state index in [2.05, 4.69) is 6.07 Å². The first kappa shape index (κ1) is 17.4. The third-order valence-corrected chi connectivity index (χ3v) is 6.59. The Labute approximate surface area is 147 Å². The van der Waals surface area contributed by atoms with Crippen LogP contribution < -0.4 is 0 Å². The summed E-state index contributed by atoms with van der Waals surface area (Å²) >= 11 is 0. The van der Waals surface area contributed by atoms with Crippen molar-refractivity contribution in [1.29, 1.82) is 5.26 Å². The van der Waals surface area contributed by atoms with Crippen LogP contribution in [0.2, 0.25) is 0 Å². The number of carbonyl (C=O) groups is 1. The summed E-state index contributed by atoms with van der Waals surface area (Å²) in [6.07, 6.45) is 3.63. The van der Waals surface area contributed by atoms with Gasteiger partial charge in [-0.25, -0.2) is 8.42 Å². The minimum atomic E-state index is -3.42. The largest absolute Gasteiger partial charge is 0.350 e. The Balaban J connectivity index is 2.00. The van der Waals surface area contributed by atoms with Crippen molar-refractivity contribution in [3.63, 3.8) is 0 Å². The first-order valence-electron chi connectivity index (χ1n) is 8.39. The minimum Gasteiger partial charge on any atom is -0.350 e. The number of nitrogens with zero attached hydrogens (tertiary/aromatic N) is 2. The molecule has 1 aromatic heterocycles. The lowest BCUT2D eigenvalue weighted by atomic mass is 9.78. The first-order chi connectivity index (χ1) is 11.9. The molecule has 0 fully saturated rings. The molecule has 1 aliphatic rings. The van der Waals surface area contributed by atoms with Crippen LogP contribution in [0.1, 0.15) is 42.2 Å². The molecule has 3 rings (SSSR count). The highest BCUT2D eigenvalue weighted by atomic mass is 32.2. The molecule has 0 radical (unpaired) electrons.